The summed E-state index contributed by atoms with van der Waals surface area (Å²) in [5.41, 5.74) is 7.18. The zero-order valence-electron chi connectivity index (χ0n) is 7.44. The Kier molecular flexibility index (Phi) is 1.94. The van der Waals surface area contributed by atoms with E-state index in [4.69, 9.17) is 5.73 Å². The van der Waals surface area contributed by atoms with Crippen molar-refractivity contribution in [3.05, 3.63) is 23.9 Å². The maximum Gasteiger partial charge on any atom is 0.182 e. The largest absolute Gasteiger partial charge is 0.330 e. The van der Waals surface area contributed by atoms with Crippen LogP contribution in [0.1, 0.15) is 11.5 Å². The fourth-order valence-electron chi connectivity index (χ4n) is 1.31. The normalized spacial score (nSPS) is 10.9. The van der Waals surface area contributed by atoms with E-state index in [1.54, 1.807) is 6.20 Å². The number of nitrogens with two attached hydrogens (primary N) is 1. The number of fused-ring (bicyclic) bond motifs is 1. The van der Waals surface area contributed by atoms with Crippen molar-refractivity contribution in [2.24, 2.45) is 5.73 Å². The van der Waals surface area contributed by atoms with Crippen LogP contribution in [0.15, 0.2) is 12.4 Å². The Balaban J connectivity index is 2.63. The summed E-state index contributed by atoms with van der Waals surface area (Å²) in [5.74, 6) is 0.871. The van der Waals surface area contributed by atoms with Gasteiger partial charge in [-0.1, -0.05) is 0 Å². The molecule has 2 rings (SSSR count). The predicted octanol–water partition coefficient (Wildman–Crippen LogP) is -0.0661. The topological polar surface area (TPSA) is 69.1 Å². The SMILES string of the molecule is Cc1nnc2c(CCN)nccn12. The summed E-state index contributed by atoms with van der Waals surface area (Å²) < 4.78 is 1.91. The van der Waals surface area contributed by atoms with Gasteiger partial charge in [-0.05, 0) is 13.5 Å². The Morgan fingerprint density at radius 2 is 2.31 bits per heavy atom. The van der Waals surface area contributed by atoms with Gasteiger partial charge in [-0.2, -0.15) is 0 Å². The summed E-state index contributed by atoms with van der Waals surface area (Å²) in [6.45, 7) is 2.49. The maximum absolute atomic E-state index is 5.46. The van der Waals surface area contributed by atoms with Crippen LogP contribution in [0, 0.1) is 6.92 Å². The first-order valence-electron chi connectivity index (χ1n) is 4.18. The third-order valence-electron chi connectivity index (χ3n) is 1.95. The van der Waals surface area contributed by atoms with Crippen molar-refractivity contribution in [3.8, 4) is 0 Å². The molecule has 2 aromatic heterocycles. The second-order valence-electron chi connectivity index (χ2n) is 2.85. The zero-order valence-corrected chi connectivity index (χ0v) is 7.44. The molecule has 13 heavy (non-hydrogen) atoms. The van der Waals surface area contributed by atoms with Crippen molar-refractivity contribution in [3.63, 3.8) is 0 Å². The van der Waals surface area contributed by atoms with Gasteiger partial charge in [0.2, 0.25) is 0 Å². The van der Waals surface area contributed by atoms with Crippen molar-refractivity contribution >= 4 is 5.65 Å². The van der Waals surface area contributed by atoms with Gasteiger partial charge in [-0.25, -0.2) is 0 Å². The molecule has 0 aliphatic rings. The Morgan fingerprint density at radius 3 is 3.08 bits per heavy atom. The molecule has 0 fully saturated rings. The second-order valence-corrected chi connectivity index (χ2v) is 2.85. The van der Waals surface area contributed by atoms with Crippen molar-refractivity contribution in [1.82, 2.24) is 19.6 Å². The van der Waals surface area contributed by atoms with E-state index < -0.39 is 0 Å². The molecule has 0 aliphatic heterocycles. The molecular formula is C8H11N5. The van der Waals surface area contributed by atoms with Crippen LogP contribution in [-0.4, -0.2) is 26.1 Å². The van der Waals surface area contributed by atoms with Gasteiger partial charge in [-0.3, -0.25) is 9.38 Å². The summed E-state index contributed by atoms with van der Waals surface area (Å²) >= 11 is 0. The first-order valence-corrected chi connectivity index (χ1v) is 4.18. The van der Waals surface area contributed by atoms with E-state index in [0.29, 0.717) is 6.54 Å². The van der Waals surface area contributed by atoms with E-state index in [1.807, 2.05) is 17.5 Å². The molecular weight excluding hydrogens is 166 g/mol. The van der Waals surface area contributed by atoms with E-state index in [0.717, 1.165) is 23.6 Å². The smallest absolute Gasteiger partial charge is 0.182 e. The molecule has 0 aliphatic carbocycles. The molecule has 5 nitrogen and oxygen atoms in total. The summed E-state index contributed by atoms with van der Waals surface area (Å²) in [6, 6.07) is 0. The summed E-state index contributed by atoms with van der Waals surface area (Å²) in [4.78, 5) is 4.21. The van der Waals surface area contributed by atoms with Crippen LogP contribution in [0.2, 0.25) is 0 Å². The lowest BCUT2D eigenvalue weighted by Crippen LogP contribution is -2.06. The van der Waals surface area contributed by atoms with Gasteiger partial charge in [-0.15, -0.1) is 10.2 Å². The number of hydrogen-bond acceptors (Lipinski definition) is 4. The Labute approximate surface area is 75.6 Å². The predicted molar refractivity (Wildman–Crippen MR) is 48.3 cm³/mol. The zero-order chi connectivity index (χ0) is 9.26. The van der Waals surface area contributed by atoms with Crippen molar-refractivity contribution in [2.75, 3.05) is 6.54 Å². The Bertz CT molecular complexity index is 419. The lowest BCUT2D eigenvalue weighted by atomic mass is 10.3. The molecule has 0 spiro atoms. The maximum atomic E-state index is 5.46. The van der Waals surface area contributed by atoms with Crippen LogP contribution in [-0.2, 0) is 6.42 Å². The van der Waals surface area contributed by atoms with E-state index in [1.165, 1.54) is 0 Å². The van der Waals surface area contributed by atoms with Crippen LogP contribution in [0.25, 0.3) is 5.65 Å². The van der Waals surface area contributed by atoms with Gasteiger partial charge < -0.3 is 5.73 Å². The minimum Gasteiger partial charge on any atom is -0.330 e. The highest BCUT2D eigenvalue weighted by molar-refractivity contribution is 5.43. The van der Waals surface area contributed by atoms with Crippen molar-refractivity contribution < 1.29 is 0 Å². The number of aromatic nitrogens is 4. The standard InChI is InChI=1S/C8H11N5/c1-6-11-12-8-7(2-3-9)10-4-5-13(6)8/h4-5H,2-3,9H2,1H3. The third-order valence-corrected chi connectivity index (χ3v) is 1.95. The fourth-order valence-corrected chi connectivity index (χ4v) is 1.31. The molecule has 0 aromatic carbocycles. The van der Waals surface area contributed by atoms with Gasteiger partial charge in [0, 0.05) is 18.8 Å². The molecule has 68 valence electrons. The van der Waals surface area contributed by atoms with E-state index >= 15 is 0 Å². The minimum absolute atomic E-state index is 0.582. The second kappa shape index (κ2) is 3.10. The average molecular weight is 177 g/mol. The van der Waals surface area contributed by atoms with Crippen LogP contribution in [0.5, 0.6) is 0 Å². The first-order chi connectivity index (χ1) is 6.33. The van der Waals surface area contributed by atoms with Gasteiger partial charge >= 0.3 is 0 Å². The molecule has 0 unspecified atom stereocenters. The van der Waals surface area contributed by atoms with Crippen molar-refractivity contribution in [2.45, 2.75) is 13.3 Å². The number of rotatable bonds is 2. The molecule has 0 bridgehead atoms. The molecule has 0 saturated heterocycles. The third kappa shape index (κ3) is 1.27. The molecule has 0 saturated carbocycles. The van der Waals surface area contributed by atoms with E-state index in [9.17, 15) is 0 Å². The van der Waals surface area contributed by atoms with Crippen LogP contribution < -0.4 is 5.73 Å². The first kappa shape index (κ1) is 8.12. The van der Waals surface area contributed by atoms with Crippen LogP contribution in [0.3, 0.4) is 0 Å². The summed E-state index contributed by atoms with van der Waals surface area (Å²) in [5, 5.41) is 8.00. The fraction of sp³-hybridized carbons (Fsp3) is 0.375. The van der Waals surface area contributed by atoms with Gasteiger partial charge in [0.05, 0.1) is 5.69 Å². The van der Waals surface area contributed by atoms with Crippen molar-refractivity contribution in [1.29, 1.82) is 0 Å². The monoisotopic (exact) mass is 177 g/mol. The molecule has 0 atom stereocenters. The number of aryl methyl sites for hydroxylation is 1. The molecule has 2 N–H and O–H groups in total. The highest BCUT2D eigenvalue weighted by Gasteiger charge is 2.05. The van der Waals surface area contributed by atoms with E-state index in [2.05, 4.69) is 15.2 Å². The van der Waals surface area contributed by atoms with Crippen LogP contribution in [0.4, 0.5) is 0 Å². The molecule has 2 heterocycles. The Morgan fingerprint density at radius 1 is 1.46 bits per heavy atom. The van der Waals surface area contributed by atoms with E-state index in [-0.39, 0.29) is 0 Å². The summed E-state index contributed by atoms with van der Waals surface area (Å²) in [7, 11) is 0. The molecule has 0 amide bonds. The highest BCUT2D eigenvalue weighted by Crippen LogP contribution is 2.06. The average Bonchev–Trinajstić information content (AvgIpc) is 2.50. The Hall–Kier alpha value is -1.49. The molecule has 2 aromatic rings. The summed E-state index contributed by atoms with van der Waals surface area (Å²) in [6.07, 6.45) is 4.33. The highest BCUT2D eigenvalue weighted by atomic mass is 15.2. The lowest BCUT2D eigenvalue weighted by Gasteiger charge is -1.99. The molecule has 0 radical (unpaired) electrons. The number of hydrogen-bond donors (Lipinski definition) is 1. The molecule has 5 heteroatoms. The minimum atomic E-state index is 0.582. The number of nitrogens with zero attached hydrogens (tertiary/aromatic N) is 4. The van der Waals surface area contributed by atoms with Crippen LogP contribution >= 0.6 is 0 Å². The van der Waals surface area contributed by atoms with Gasteiger partial charge in [0.15, 0.2) is 5.65 Å². The van der Waals surface area contributed by atoms with Gasteiger partial charge in [0.25, 0.3) is 0 Å². The quantitative estimate of drug-likeness (QED) is 0.697. The van der Waals surface area contributed by atoms with Gasteiger partial charge in [0.1, 0.15) is 5.82 Å². The lowest BCUT2D eigenvalue weighted by molar-refractivity contribution is 0.906.